The first-order valence-electron chi connectivity index (χ1n) is 6.88. The van der Waals surface area contributed by atoms with E-state index in [0.29, 0.717) is 25.1 Å². The number of nitrogens with zero attached hydrogens (tertiary/aromatic N) is 1. The number of aliphatic hydroxyl groups is 1. The highest BCUT2D eigenvalue weighted by molar-refractivity contribution is 5.99. The molecule has 0 radical (unpaired) electrons. The van der Waals surface area contributed by atoms with Crippen LogP contribution in [0.5, 0.6) is 0 Å². The lowest BCUT2D eigenvalue weighted by molar-refractivity contribution is 0.0755. The van der Waals surface area contributed by atoms with Crippen LogP contribution in [0.2, 0.25) is 0 Å². The lowest BCUT2D eigenvalue weighted by Crippen LogP contribution is -2.32. The first-order chi connectivity index (χ1) is 9.13. The Morgan fingerprint density at radius 1 is 1.37 bits per heavy atom. The van der Waals surface area contributed by atoms with Gasteiger partial charge in [-0.3, -0.25) is 4.79 Å². The number of carbonyl (C=O) groups is 1. The molecule has 0 bridgehead atoms. The summed E-state index contributed by atoms with van der Waals surface area (Å²) >= 11 is 0. The lowest BCUT2D eigenvalue weighted by atomic mass is 10.1. The molecule has 19 heavy (non-hydrogen) atoms. The molecule has 106 valence electrons. The van der Waals surface area contributed by atoms with Crippen molar-refractivity contribution in [2.24, 2.45) is 0 Å². The molecule has 0 spiro atoms. The van der Waals surface area contributed by atoms with Gasteiger partial charge in [0.05, 0.1) is 5.56 Å². The molecular weight excluding hydrogens is 240 g/mol. The Morgan fingerprint density at radius 2 is 2.11 bits per heavy atom. The molecule has 0 aliphatic heterocycles. The zero-order valence-corrected chi connectivity index (χ0v) is 12.1. The number of anilines is 1. The van der Waals surface area contributed by atoms with Gasteiger partial charge in [0.1, 0.15) is 0 Å². The van der Waals surface area contributed by atoms with Crippen LogP contribution < -0.4 is 5.32 Å². The van der Waals surface area contributed by atoms with Crippen LogP contribution in [0.3, 0.4) is 0 Å². The molecule has 0 atom stereocenters. The third kappa shape index (κ3) is 4.24. The summed E-state index contributed by atoms with van der Waals surface area (Å²) in [6, 6.07) is 5.87. The predicted octanol–water partition coefficient (Wildman–Crippen LogP) is 2.27. The fourth-order valence-electron chi connectivity index (χ4n) is 2.01. The largest absolute Gasteiger partial charge is 0.396 e. The molecule has 0 heterocycles. The van der Waals surface area contributed by atoms with Crippen LogP contribution >= 0.6 is 0 Å². The molecule has 0 unspecified atom stereocenters. The Kier molecular flexibility index (Phi) is 6.36. The highest BCUT2D eigenvalue weighted by Gasteiger charge is 2.17. The van der Waals surface area contributed by atoms with Gasteiger partial charge < -0.3 is 15.3 Å². The van der Waals surface area contributed by atoms with Gasteiger partial charge in [-0.1, -0.05) is 11.6 Å². The molecule has 1 amide bonds. The van der Waals surface area contributed by atoms with Gasteiger partial charge in [-0.25, -0.2) is 0 Å². The predicted molar refractivity (Wildman–Crippen MR) is 78.6 cm³/mol. The topological polar surface area (TPSA) is 52.6 Å². The van der Waals surface area contributed by atoms with E-state index < -0.39 is 0 Å². The van der Waals surface area contributed by atoms with Crippen molar-refractivity contribution in [3.63, 3.8) is 0 Å². The van der Waals surface area contributed by atoms with E-state index in [2.05, 4.69) is 5.32 Å². The van der Waals surface area contributed by atoms with Crippen molar-refractivity contribution >= 4 is 11.6 Å². The van der Waals surface area contributed by atoms with E-state index in [1.54, 1.807) is 4.90 Å². The van der Waals surface area contributed by atoms with Gasteiger partial charge in [-0.2, -0.15) is 0 Å². The van der Waals surface area contributed by atoms with Gasteiger partial charge in [0.2, 0.25) is 0 Å². The zero-order valence-electron chi connectivity index (χ0n) is 12.1. The Labute approximate surface area is 115 Å². The van der Waals surface area contributed by atoms with E-state index in [4.69, 9.17) is 5.11 Å². The zero-order chi connectivity index (χ0) is 14.3. The lowest BCUT2D eigenvalue weighted by Gasteiger charge is -2.22. The first kappa shape index (κ1) is 15.5. The summed E-state index contributed by atoms with van der Waals surface area (Å²) in [5.41, 5.74) is 2.66. The van der Waals surface area contributed by atoms with Crippen LogP contribution in [-0.2, 0) is 0 Å². The van der Waals surface area contributed by atoms with Crippen molar-refractivity contribution in [2.45, 2.75) is 27.2 Å². The normalized spacial score (nSPS) is 10.3. The van der Waals surface area contributed by atoms with Gasteiger partial charge in [0.15, 0.2) is 0 Å². The number of carbonyl (C=O) groups excluding carboxylic acids is 1. The standard InChI is InChI=1S/C15H24N2O2/c1-4-16-14-8-7-12(3)11-13(14)15(19)17(5-2)9-6-10-18/h7-8,11,16,18H,4-6,9-10H2,1-3H3. The smallest absolute Gasteiger partial charge is 0.255 e. The Bertz CT molecular complexity index is 419. The summed E-state index contributed by atoms with van der Waals surface area (Å²) in [7, 11) is 0. The molecule has 2 N–H and O–H groups in total. The highest BCUT2D eigenvalue weighted by atomic mass is 16.3. The van der Waals surface area contributed by atoms with Crippen LogP contribution in [-0.4, -0.2) is 42.2 Å². The van der Waals surface area contributed by atoms with Crippen LogP contribution in [0.1, 0.15) is 36.2 Å². The van der Waals surface area contributed by atoms with Crippen LogP contribution in [0.25, 0.3) is 0 Å². The summed E-state index contributed by atoms with van der Waals surface area (Å²) in [6.45, 7) is 8.08. The fraction of sp³-hybridized carbons (Fsp3) is 0.533. The molecule has 1 aromatic rings. The molecule has 0 fully saturated rings. The molecule has 4 nitrogen and oxygen atoms in total. The van der Waals surface area contributed by atoms with Gasteiger partial charge >= 0.3 is 0 Å². The van der Waals surface area contributed by atoms with Gasteiger partial charge in [0, 0.05) is 31.9 Å². The molecule has 1 aromatic carbocycles. The van der Waals surface area contributed by atoms with Gasteiger partial charge in [-0.15, -0.1) is 0 Å². The number of amides is 1. The number of aliphatic hydroxyl groups excluding tert-OH is 1. The number of nitrogens with one attached hydrogen (secondary N) is 1. The second-order valence-electron chi connectivity index (χ2n) is 4.54. The summed E-state index contributed by atoms with van der Waals surface area (Å²) in [5, 5.41) is 12.1. The second kappa shape index (κ2) is 7.79. The van der Waals surface area contributed by atoms with Gasteiger partial charge in [-0.05, 0) is 39.3 Å². The molecule has 4 heteroatoms. The number of rotatable bonds is 7. The third-order valence-corrected chi connectivity index (χ3v) is 3.03. The van der Waals surface area contributed by atoms with E-state index in [-0.39, 0.29) is 12.5 Å². The summed E-state index contributed by atoms with van der Waals surface area (Å²) < 4.78 is 0. The van der Waals surface area contributed by atoms with Gasteiger partial charge in [0.25, 0.3) is 5.91 Å². The van der Waals surface area contributed by atoms with E-state index in [0.717, 1.165) is 17.8 Å². The van der Waals surface area contributed by atoms with Crippen molar-refractivity contribution in [3.8, 4) is 0 Å². The van der Waals surface area contributed by atoms with Crippen molar-refractivity contribution in [1.29, 1.82) is 0 Å². The maximum absolute atomic E-state index is 12.5. The minimum absolute atomic E-state index is 0.0237. The minimum Gasteiger partial charge on any atom is -0.396 e. The highest BCUT2D eigenvalue weighted by Crippen LogP contribution is 2.19. The Balaban J connectivity index is 2.98. The molecule has 0 aliphatic carbocycles. The van der Waals surface area contributed by atoms with E-state index in [1.807, 2.05) is 39.0 Å². The first-order valence-corrected chi connectivity index (χ1v) is 6.88. The maximum Gasteiger partial charge on any atom is 0.255 e. The van der Waals surface area contributed by atoms with E-state index >= 15 is 0 Å². The van der Waals surface area contributed by atoms with Crippen molar-refractivity contribution < 1.29 is 9.90 Å². The van der Waals surface area contributed by atoms with Crippen molar-refractivity contribution in [3.05, 3.63) is 29.3 Å². The van der Waals surface area contributed by atoms with Crippen LogP contribution in [0.4, 0.5) is 5.69 Å². The Hall–Kier alpha value is -1.55. The van der Waals surface area contributed by atoms with E-state index in [1.165, 1.54) is 0 Å². The third-order valence-electron chi connectivity index (χ3n) is 3.03. The number of hydrogen-bond acceptors (Lipinski definition) is 3. The quantitative estimate of drug-likeness (QED) is 0.794. The molecule has 0 aliphatic rings. The number of aryl methyl sites for hydroxylation is 1. The number of hydrogen-bond donors (Lipinski definition) is 2. The summed E-state index contributed by atoms with van der Waals surface area (Å²) in [4.78, 5) is 14.3. The summed E-state index contributed by atoms with van der Waals surface area (Å²) in [5.74, 6) is 0.0237. The average Bonchev–Trinajstić information content (AvgIpc) is 2.41. The minimum atomic E-state index is 0.0237. The van der Waals surface area contributed by atoms with Crippen molar-refractivity contribution in [2.75, 3.05) is 31.6 Å². The molecule has 0 saturated heterocycles. The SMILES string of the molecule is CCNc1ccc(C)cc1C(=O)N(CC)CCCO. The summed E-state index contributed by atoms with van der Waals surface area (Å²) in [6.07, 6.45) is 0.613. The molecule has 0 aromatic heterocycles. The van der Waals surface area contributed by atoms with Crippen molar-refractivity contribution in [1.82, 2.24) is 4.90 Å². The molecule has 1 rings (SSSR count). The molecular formula is C15H24N2O2. The van der Waals surface area contributed by atoms with Crippen LogP contribution in [0.15, 0.2) is 18.2 Å². The van der Waals surface area contributed by atoms with Crippen LogP contribution in [0, 0.1) is 6.92 Å². The molecule has 0 saturated carbocycles. The number of benzene rings is 1. The van der Waals surface area contributed by atoms with E-state index in [9.17, 15) is 4.79 Å². The second-order valence-corrected chi connectivity index (χ2v) is 4.54. The monoisotopic (exact) mass is 264 g/mol. The fourth-order valence-corrected chi connectivity index (χ4v) is 2.01. The Morgan fingerprint density at radius 3 is 2.68 bits per heavy atom. The average molecular weight is 264 g/mol. The maximum atomic E-state index is 12.5.